The highest BCUT2D eigenvalue weighted by Gasteiger charge is 2.14. The summed E-state index contributed by atoms with van der Waals surface area (Å²) >= 11 is 6.46. The molecule has 19 heavy (non-hydrogen) atoms. The van der Waals surface area contributed by atoms with E-state index in [1.807, 2.05) is 12.1 Å². The third kappa shape index (κ3) is 4.38. The van der Waals surface area contributed by atoms with Crippen molar-refractivity contribution in [3.63, 3.8) is 0 Å². The van der Waals surface area contributed by atoms with E-state index in [9.17, 15) is 0 Å². The van der Waals surface area contributed by atoms with Gasteiger partial charge in [0.15, 0.2) is 0 Å². The lowest BCUT2D eigenvalue weighted by Crippen LogP contribution is -2.29. The molecule has 0 radical (unpaired) electrons. The zero-order chi connectivity index (χ0) is 13.5. The van der Waals surface area contributed by atoms with Crippen LogP contribution >= 0.6 is 11.6 Å². The molecule has 0 aliphatic rings. The maximum absolute atomic E-state index is 6.46. The van der Waals surface area contributed by atoms with Crippen LogP contribution in [-0.2, 0) is 13.1 Å². The summed E-state index contributed by atoms with van der Waals surface area (Å²) in [5.74, 6) is 0. The molecule has 2 heteroatoms. The van der Waals surface area contributed by atoms with Crippen molar-refractivity contribution in [3.8, 4) is 0 Å². The molecule has 0 amide bonds. The van der Waals surface area contributed by atoms with E-state index in [1.165, 1.54) is 11.1 Å². The van der Waals surface area contributed by atoms with E-state index in [-0.39, 0.29) is 5.50 Å². The van der Waals surface area contributed by atoms with Crippen molar-refractivity contribution < 1.29 is 0 Å². The Morgan fingerprint density at radius 2 is 1.26 bits per heavy atom. The van der Waals surface area contributed by atoms with Crippen molar-refractivity contribution in [3.05, 3.63) is 71.8 Å². The molecule has 0 bridgehead atoms. The monoisotopic (exact) mass is 273 g/mol. The van der Waals surface area contributed by atoms with Gasteiger partial charge in [0, 0.05) is 13.1 Å². The molecule has 0 saturated carbocycles. The normalized spacial score (nSPS) is 12.6. The summed E-state index contributed by atoms with van der Waals surface area (Å²) < 4.78 is 0. The zero-order valence-electron chi connectivity index (χ0n) is 11.3. The van der Waals surface area contributed by atoms with E-state index in [0.29, 0.717) is 0 Å². The van der Waals surface area contributed by atoms with Gasteiger partial charge in [-0.05, 0) is 17.5 Å². The van der Waals surface area contributed by atoms with Gasteiger partial charge >= 0.3 is 0 Å². The second-order valence-electron chi connectivity index (χ2n) is 4.72. The van der Waals surface area contributed by atoms with Gasteiger partial charge in [-0.3, -0.25) is 4.90 Å². The van der Waals surface area contributed by atoms with Crippen LogP contribution in [0.3, 0.4) is 0 Å². The van der Waals surface area contributed by atoms with E-state index in [1.54, 1.807) is 0 Å². The van der Waals surface area contributed by atoms with Gasteiger partial charge in [0.1, 0.15) is 0 Å². The molecule has 0 heterocycles. The Balaban J connectivity index is 2.08. The van der Waals surface area contributed by atoms with Crippen molar-refractivity contribution in [2.75, 3.05) is 0 Å². The van der Waals surface area contributed by atoms with Gasteiger partial charge in [-0.2, -0.15) is 0 Å². The minimum atomic E-state index is 0.0698. The number of hydrogen-bond acceptors (Lipinski definition) is 1. The maximum Gasteiger partial charge on any atom is 0.0853 e. The molecule has 1 unspecified atom stereocenters. The molecule has 2 aromatic rings. The van der Waals surface area contributed by atoms with Gasteiger partial charge in [0.05, 0.1) is 5.50 Å². The lowest BCUT2D eigenvalue weighted by Gasteiger charge is -2.27. The third-order valence-electron chi connectivity index (χ3n) is 3.19. The Morgan fingerprint density at radius 3 is 1.63 bits per heavy atom. The topological polar surface area (TPSA) is 3.24 Å². The number of nitrogens with zero attached hydrogens (tertiary/aromatic N) is 1. The summed E-state index contributed by atoms with van der Waals surface area (Å²) in [5.41, 5.74) is 2.68. The van der Waals surface area contributed by atoms with Gasteiger partial charge in [-0.25, -0.2) is 0 Å². The second-order valence-corrected chi connectivity index (χ2v) is 5.22. The Bertz CT molecular complexity index is 428. The van der Waals surface area contributed by atoms with E-state index in [0.717, 1.165) is 19.5 Å². The number of halogens is 1. The molecule has 0 N–H and O–H groups in total. The molecular weight excluding hydrogens is 254 g/mol. The minimum absolute atomic E-state index is 0.0698. The summed E-state index contributed by atoms with van der Waals surface area (Å²) in [7, 11) is 0. The summed E-state index contributed by atoms with van der Waals surface area (Å²) in [6.45, 7) is 3.90. The van der Waals surface area contributed by atoms with Crippen LogP contribution in [0.1, 0.15) is 24.5 Å². The first-order valence-electron chi connectivity index (χ1n) is 6.75. The smallest absolute Gasteiger partial charge is 0.0853 e. The minimum Gasteiger partial charge on any atom is -0.279 e. The highest BCUT2D eigenvalue weighted by Crippen LogP contribution is 2.17. The van der Waals surface area contributed by atoms with Crippen molar-refractivity contribution >= 4 is 11.6 Å². The predicted octanol–water partition coefficient (Wildman–Crippen LogP) is 4.66. The summed E-state index contributed by atoms with van der Waals surface area (Å²) in [5, 5.41) is 0. The molecule has 0 fully saturated rings. The van der Waals surface area contributed by atoms with Crippen LogP contribution in [0.25, 0.3) is 0 Å². The zero-order valence-corrected chi connectivity index (χ0v) is 12.1. The molecule has 0 aliphatic heterocycles. The van der Waals surface area contributed by atoms with Crippen LogP contribution in [0.15, 0.2) is 60.7 Å². The van der Waals surface area contributed by atoms with Gasteiger partial charge in [-0.1, -0.05) is 67.6 Å². The summed E-state index contributed by atoms with van der Waals surface area (Å²) in [6.07, 6.45) is 0.946. The van der Waals surface area contributed by atoms with E-state index >= 15 is 0 Å². The SMILES string of the molecule is CCC(Cl)N(Cc1ccccc1)Cc1ccccc1. The lowest BCUT2D eigenvalue weighted by molar-refractivity contribution is 0.229. The van der Waals surface area contributed by atoms with Gasteiger partial charge in [-0.15, -0.1) is 11.6 Å². The van der Waals surface area contributed by atoms with Crippen LogP contribution in [0, 0.1) is 0 Å². The number of alkyl halides is 1. The summed E-state index contributed by atoms with van der Waals surface area (Å²) in [6, 6.07) is 21.0. The van der Waals surface area contributed by atoms with Crippen LogP contribution in [0.5, 0.6) is 0 Å². The third-order valence-corrected chi connectivity index (χ3v) is 3.77. The summed E-state index contributed by atoms with van der Waals surface area (Å²) in [4.78, 5) is 2.31. The number of hydrogen-bond donors (Lipinski definition) is 0. The maximum atomic E-state index is 6.46. The fourth-order valence-corrected chi connectivity index (χ4v) is 2.29. The average molecular weight is 274 g/mol. The molecule has 1 atom stereocenters. The van der Waals surface area contributed by atoms with Crippen LogP contribution in [0.4, 0.5) is 0 Å². The lowest BCUT2D eigenvalue weighted by atomic mass is 10.1. The molecule has 0 aliphatic carbocycles. The predicted molar refractivity (Wildman–Crippen MR) is 82.1 cm³/mol. The molecule has 1 nitrogen and oxygen atoms in total. The number of benzene rings is 2. The van der Waals surface area contributed by atoms with E-state index < -0.39 is 0 Å². The molecular formula is C17H20ClN. The first-order valence-corrected chi connectivity index (χ1v) is 7.19. The highest BCUT2D eigenvalue weighted by molar-refractivity contribution is 6.20. The molecule has 2 aromatic carbocycles. The van der Waals surface area contributed by atoms with Gasteiger partial charge in [0.25, 0.3) is 0 Å². The first-order chi connectivity index (χ1) is 9.29. The van der Waals surface area contributed by atoms with Crippen LogP contribution in [0.2, 0.25) is 0 Å². The molecule has 0 saturated heterocycles. The van der Waals surface area contributed by atoms with Gasteiger partial charge in [0.2, 0.25) is 0 Å². The Hall–Kier alpha value is -1.31. The Kier molecular flexibility index (Phi) is 5.44. The number of rotatable bonds is 6. The highest BCUT2D eigenvalue weighted by atomic mass is 35.5. The fraction of sp³-hybridized carbons (Fsp3) is 0.294. The van der Waals surface area contributed by atoms with E-state index in [2.05, 4.69) is 60.4 Å². The van der Waals surface area contributed by atoms with Crippen LogP contribution < -0.4 is 0 Å². The Labute approximate surface area is 120 Å². The first kappa shape index (κ1) is 14.1. The molecule has 0 aromatic heterocycles. The standard InChI is InChI=1S/C17H20ClN/c1-2-17(18)19(13-15-9-5-3-6-10-15)14-16-11-7-4-8-12-16/h3-12,17H,2,13-14H2,1H3. The van der Waals surface area contributed by atoms with Crippen molar-refractivity contribution in [2.24, 2.45) is 0 Å². The van der Waals surface area contributed by atoms with E-state index in [4.69, 9.17) is 11.6 Å². The van der Waals surface area contributed by atoms with Crippen molar-refractivity contribution in [2.45, 2.75) is 31.9 Å². The second kappa shape index (κ2) is 7.32. The fourth-order valence-electron chi connectivity index (χ4n) is 2.15. The quantitative estimate of drug-likeness (QED) is 0.546. The largest absolute Gasteiger partial charge is 0.279 e. The average Bonchev–Trinajstić information content (AvgIpc) is 2.48. The van der Waals surface area contributed by atoms with Crippen molar-refractivity contribution in [1.29, 1.82) is 0 Å². The van der Waals surface area contributed by atoms with Crippen molar-refractivity contribution in [1.82, 2.24) is 4.90 Å². The molecule has 2 rings (SSSR count). The molecule has 100 valence electrons. The van der Waals surface area contributed by atoms with Crippen LogP contribution in [-0.4, -0.2) is 10.4 Å². The van der Waals surface area contributed by atoms with Gasteiger partial charge < -0.3 is 0 Å². The molecule has 0 spiro atoms. The Morgan fingerprint density at radius 1 is 0.842 bits per heavy atom.